The molecule has 0 bridgehead atoms. The number of carbonyl (C=O) groups excluding carboxylic acids is 1. The number of aliphatic hydroxyl groups excluding tert-OH is 1. The molecule has 8 heteroatoms. The lowest BCUT2D eigenvalue weighted by molar-refractivity contribution is -0.114. The average molecular weight is 396 g/mol. The third-order valence-electron chi connectivity index (χ3n) is 4.87. The molecule has 2 N–H and O–H groups in total. The molecule has 4 rings (SSSR count). The highest BCUT2D eigenvalue weighted by Gasteiger charge is 2.35. The topological polar surface area (TPSA) is 91.5 Å². The number of benzene rings is 2. The Kier molecular flexibility index (Phi) is 5.37. The van der Waals surface area contributed by atoms with Crippen LogP contribution < -0.4 is 5.32 Å². The number of aromatic nitrogens is 2. The second-order valence-corrected chi connectivity index (χ2v) is 7.18. The summed E-state index contributed by atoms with van der Waals surface area (Å²) in [6.07, 6.45) is 0.00879. The van der Waals surface area contributed by atoms with Crippen LogP contribution in [0.5, 0.6) is 0 Å². The van der Waals surface area contributed by atoms with Crippen LogP contribution in [0.1, 0.15) is 30.8 Å². The normalized spacial score (nSPS) is 19.4. The number of carbonyl (C=O) groups is 1. The number of anilines is 1. The molecule has 1 fully saturated rings. The van der Waals surface area contributed by atoms with Gasteiger partial charge < -0.3 is 14.9 Å². The van der Waals surface area contributed by atoms with Crippen LogP contribution in [-0.4, -0.2) is 38.7 Å². The number of rotatable bonds is 5. The second kappa shape index (κ2) is 8.10. The smallest absolute Gasteiger partial charge is 0.244 e. The van der Waals surface area contributed by atoms with E-state index in [0.717, 1.165) is 11.3 Å². The first-order chi connectivity index (χ1) is 14.0. The van der Waals surface area contributed by atoms with Crippen molar-refractivity contribution in [2.24, 2.45) is 0 Å². The molecule has 1 aromatic heterocycles. The van der Waals surface area contributed by atoms with Gasteiger partial charge in [0.1, 0.15) is 5.82 Å². The maximum atomic E-state index is 13.1. The Balaban J connectivity index is 1.49. The van der Waals surface area contributed by atoms with E-state index >= 15 is 0 Å². The number of nitrogens with one attached hydrogen (secondary N) is 1. The summed E-state index contributed by atoms with van der Waals surface area (Å²) in [5.41, 5.74) is 2.44. The number of likely N-dealkylation sites (tertiary alicyclic amines) is 1. The molecule has 1 aliphatic heterocycles. The van der Waals surface area contributed by atoms with Crippen molar-refractivity contribution in [1.82, 2.24) is 15.0 Å². The van der Waals surface area contributed by atoms with Gasteiger partial charge in [0.05, 0.1) is 12.1 Å². The zero-order valence-electron chi connectivity index (χ0n) is 15.9. The summed E-state index contributed by atoms with van der Waals surface area (Å²) in [5.74, 6) is 0.373. The zero-order chi connectivity index (χ0) is 20.4. The SMILES string of the molecule is CC(=O)Nc1ccc(CN2CC(O)CC2c2nc(-c3ccc(F)cc3)no2)cc1. The van der Waals surface area contributed by atoms with E-state index in [1.54, 1.807) is 12.1 Å². The van der Waals surface area contributed by atoms with Crippen molar-refractivity contribution >= 4 is 11.6 Å². The molecule has 150 valence electrons. The molecular weight excluding hydrogens is 375 g/mol. The molecule has 2 heterocycles. The number of β-amino-alcohol motifs (C(OH)–C–C–N with tert-alkyl or cyclic N) is 1. The van der Waals surface area contributed by atoms with E-state index in [0.29, 0.717) is 36.8 Å². The largest absolute Gasteiger partial charge is 0.392 e. The minimum atomic E-state index is -0.486. The van der Waals surface area contributed by atoms with Crippen LogP contribution in [0, 0.1) is 5.82 Å². The molecule has 7 nitrogen and oxygen atoms in total. The van der Waals surface area contributed by atoms with E-state index in [2.05, 4.69) is 20.4 Å². The van der Waals surface area contributed by atoms with Gasteiger partial charge >= 0.3 is 0 Å². The molecule has 1 aliphatic rings. The fourth-order valence-corrected chi connectivity index (χ4v) is 3.53. The van der Waals surface area contributed by atoms with Crippen molar-refractivity contribution in [3.63, 3.8) is 0 Å². The van der Waals surface area contributed by atoms with Crippen LogP contribution in [0.25, 0.3) is 11.4 Å². The van der Waals surface area contributed by atoms with Crippen molar-refractivity contribution in [2.45, 2.75) is 32.0 Å². The molecular formula is C21H21FN4O3. The molecule has 2 aromatic carbocycles. The molecule has 0 aliphatic carbocycles. The van der Waals surface area contributed by atoms with Gasteiger partial charge in [-0.05, 0) is 48.4 Å². The molecule has 2 atom stereocenters. The summed E-state index contributed by atoms with van der Waals surface area (Å²) >= 11 is 0. The van der Waals surface area contributed by atoms with Gasteiger partial charge in [0.15, 0.2) is 0 Å². The summed E-state index contributed by atoms with van der Waals surface area (Å²) < 4.78 is 18.6. The highest BCUT2D eigenvalue weighted by Crippen LogP contribution is 2.33. The summed E-state index contributed by atoms with van der Waals surface area (Å²) in [5, 5.41) is 16.9. The van der Waals surface area contributed by atoms with Crippen LogP contribution in [0.15, 0.2) is 53.1 Å². The molecule has 1 saturated heterocycles. The monoisotopic (exact) mass is 396 g/mol. The van der Waals surface area contributed by atoms with Crippen molar-refractivity contribution in [2.75, 3.05) is 11.9 Å². The van der Waals surface area contributed by atoms with Crippen LogP contribution in [-0.2, 0) is 11.3 Å². The van der Waals surface area contributed by atoms with E-state index in [1.165, 1.54) is 19.1 Å². The first-order valence-electron chi connectivity index (χ1n) is 9.36. The molecule has 29 heavy (non-hydrogen) atoms. The third-order valence-corrected chi connectivity index (χ3v) is 4.87. The van der Waals surface area contributed by atoms with Gasteiger partial charge in [-0.25, -0.2) is 4.39 Å². The van der Waals surface area contributed by atoms with Crippen molar-refractivity contribution < 1.29 is 18.8 Å². The molecule has 1 amide bonds. The average Bonchev–Trinajstić information content (AvgIpc) is 3.30. The van der Waals surface area contributed by atoms with Crippen molar-refractivity contribution in [3.05, 3.63) is 65.8 Å². The van der Waals surface area contributed by atoms with Crippen LogP contribution >= 0.6 is 0 Å². The van der Waals surface area contributed by atoms with E-state index in [-0.39, 0.29) is 17.8 Å². The van der Waals surface area contributed by atoms with Gasteiger partial charge in [-0.15, -0.1) is 0 Å². The fourth-order valence-electron chi connectivity index (χ4n) is 3.53. The van der Waals surface area contributed by atoms with Crippen LogP contribution in [0.4, 0.5) is 10.1 Å². The quantitative estimate of drug-likeness (QED) is 0.689. The summed E-state index contributed by atoms with van der Waals surface area (Å²) in [7, 11) is 0. The number of aliphatic hydroxyl groups is 1. The lowest BCUT2D eigenvalue weighted by atomic mass is 10.1. The lowest BCUT2D eigenvalue weighted by Crippen LogP contribution is -2.24. The van der Waals surface area contributed by atoms with Gasteiger partial charge in [-0.3, -0.25) is 9.69 Å². The maximum absolute atomic E-state index is 13.1. The highest BCUT2D eigenvalue weighted by atomic mass is 19.1. The minimum absolute atomic E-state index is 0.117. The molecule has 0 spiro atoms. The highest BCUT2D eigenvalue weighted by molar-refractivity contribution is 5.88. The zero-order valence-corrected chi connectivity index (χ0v) is 15.9. The summed E-state index contributed by atoms with van der Waals surface area (Å²) in [6, 6.07) is 13.2. The van der Waals surface area contributed by atoms with E-state index in [1.807, 2.05) is 24.3 Å². The van der Waals surface area contributed by atoms with E-state index < -0.39 is 6.10 Å². The lowest BCUT2D eigenvalue weighted by Gasteiger charge is -2.21. The number of nitrogens with zero attached hydrogens (tertiary/aromatic N) is 3. The fraction of sp³-hybridized carbons (Fsp3) is 0.286. The Labute approximate surface area is 167 Å². The molecule has 3 aromatic rings. The van der Waals surface area contributed by atoms with Gasteiger partial charge in [-0.1, -0.05) is 17.3 Å². The van der Waals surface area contributed by atoms with Crippen molar-refractivity contribution in [1.29, 1.82) is 0 Å². The Morgan fingerprint density at radius 2 is 1.97 bits per heavy atom. The van der Waals surface area contributed by atoms with Crippen LogP contribution in [0.2, 0.25) is 0 Å². The number of amides is 1. The van der Waals surface area contributed by atoms with Gasteiger partial charge in [-0.2, -0.15) is 4.98 Å². The summed E-state index contributed by atoms with van der Waals surface area (Å²) in [6.45, 7) is 2.55. The minimum Gasteiger partial charge on any atom is -0.392 e. The molecule has 2 unspecified atom stereocenters. The molecule has 0 radical (unpaired) electrons. The third kappa shape index (κ3) is 4.49. The standard InChI is InChI=1S/C21H21FN4O3/c1-13(27)23-17-8-2-14(3-9-17)11-26-12-18(28)10-19(26)21-24-20(25-29-21)15-4-6-16(22)7-5-15/h2-9,18-19,28H,10-12H2,1H3,(H,23,27). The second-order valence-electron chi connectivity index (χ2n) is 7.18. The first-order valence-corrected chi connectivity index (χ1v) is 9.36. The number of hydrogen-bond donors (Lipinski definition) is 2. The van der Waals surface area contributed by atoms with E-state index in [4.69, 9.17) is 4.52 Å². The number of halogens is 1. The number of hydrogen-bond acceptors (Lipinski definition) is 6. The Morgan fingerprint density at radius 1 is 1.24 bits per heavy atom. The Bertz CT molecular complexity index is 988. The maximum Gasteiger partial charge on any atom is 0.244 e. The van der Waals surface area contributed by atoms with Crippen molar-refractivity contribution in [3.8, 4) is 11.4 Å². The van der Waals surface area contributed by atoms with Gasteiger partial charge in [0.25, 0.3) is 0 Å². The Morgan fingerprint density at radius 3 is 2.66 bits per heavy atom. The van der Waals surface area contributed by atoms with Gasteiger partial charge in [0, 0.05) is 31.3 Å². The van der Waals surface area contributed by atoms with Gasteiger partial charge in [0.2, 0.25) is 17.6 Å². The Hall–Kier alpha value is -3.10. The predicted octanol–water partition coefficient (Wildman–Crippen LogP) is 3.14. The first kappa shape index (κ1) is 19.2. The van der Waals surface area contributed by atoms with Crippen LogP contribution in [0.3, 0.4) is 0 Å². The van der Waals surface area contributed by atoms with E-state index in [9.17, 15) is 14.3 Å². The molecule has 0 saturated carbocycles. The summed E-state index contributed by atoms with van der Waals surface area (Å²) in [4.78, 5) is 17.7. The predicted molar refractivity (Wildman–Crippen MR) is 104 cm³/mol.